The van der Waals surface area contributed by atoms with Crippen LogP contribution in [0.3, 0.4) is 0 Å². The van der Waals surface area contributed by atoms with Gasteiger partial charge < -0.3 is 14.7 Å². The van der Waals surface area contributed by atoms with Crippen molar-refractivity contribution in [1.82, 2.24) is 4.98 Å². The Morgan fingerprint density at radius 2 is 1.69 bits per heavy atom. The van der Waals surface area contributed by atoms with E-state index in [9.17, 15) is 13.9 Å². The Kier molecular flexibility index (Phi) is 7.38. The second-order valence-corrected chi connectivity index (χ2v) is 9.80. The second kappa shape index (κ2) is 10.3. The van der Waals surface area contributed by atoms with Gasteiger partial charge in [0.25, 0.3) is 0 Å². The van der Waals surface area contributed by atoms with Crippen LogP contribution in [0.1, 0.15) is 30.4 Å². The highest BCUT2D eigenvalue weighted by atomic mass is 79.9. The molecule has 1 heterocycles. The van der Waals surface area contributed by atoms with Gasteiger partial charge in [0.1, 0.15) is 11.6 Å². The maximum absolute atomic E-state index is 14.2. The monoisotopic (exact) mass is 540 g/mol. The maximum Gasteiger partial charge on any atom is 0.217 e. The number of aliphatic hydroxyl groups excluding tert-OH is 1. The Labute approximate surface area is 212 Å². The standard InChI is InChI=1S/C28H27BrF2N2O2/c1-16(34)9-25(26-13-18-10-19(29)5-8-27(18)32-28(26)35-4)23-7-6-22(33(2)3)15-24(23)17-11-20(30)14-21(31)12-17/h5-8,10-16,25,34H,9H2,1-4H3. The molecule has 4 rings (SSSR count). The van der Waals surface area contributed by atoms with Crippen molar-refractivity contribution in [2.45, 2.75) is 25.4 Å². The molecule has 3 aromatic carbocycles. The number of methoxy groups -OCH3 is 1. The van der Waals surface area contributed by atoms with Gasteiger partial charge in [0.05, 0.1) is 18.7 Å². The topological polar surface area (TPSA) is 45.6 Å². The van der Waals surface area contributed by atoms with Crippen molar-refractivity contribution in [3.63, 3.8) is 0 Å². The number of halogens is 3. The van der Waals surface area contributed by atoms with E-state index in [1.807, 2.05) is 61.5 Å². The van der Waals surface area contributed by atoms with Crippen LogP contribution in [0.15, 0.2) is 65.1 Å². The summed E-state index contributed by atoms with van der Waals surface area (Å²) in [4.78, 5) is 6.64. The third-order valence-corrected chi connectivity index (χ3v) is 6.51. The number of rotatable bonds is 7. The fourth-order valence-corrected chi connectivity index (χ4v) is 4.79. The van der Waals surface area contributed by atoms with Gasteiger partial charge in [-0.25, -0.2) is 13.8 Å². The highest BCUT2D eigenvalue weighted by Gasteiger charge is 2.26. The van der Waals surface area contributed by atoms with Gasteiger partial charge in [-0.2, -0.15) is 0 Å². The molecule has 2 atom stereocenters. The van der Waals surface area contributed by atoms with Crippen LogP contribution >= 0.6 is 15.9 Å². The highest BCUT2D eigenvalue weighted by Crippen LogP contribution is 2.42. The quantitative estimate of drug-likeness (QED) is 0.276. The van der Waals surface area contributed by atoms with E-state index in [1.54, 1.807) is 14.0 Å². The third-order valence-electron chi connectivity index (χ3n) is 6.02. The minimum atomic E-state index is -0.650. The summed E-state index contributed by atoms with van der Waals surface area (Å²) in [6.07, 6.45) is -0.280. The average Bonchev–Trinajstić information content (AvgIpc) is 2.80. The van der Waals surface area contributed by atoms with Crippen molar-refractivity contribution in [3.8, 4) is 17.0 Å². The Balaban J connectivity index is 2.00. The summed E-state index contributed by atoms with van der Waals surface area (Å²) in [6.45, 7) is 1.72. The summed E-state index contributed by atoms with van der Waals surface area (Å²) in [5, 5.41) is 11.4. The minimum absolute atomic E-state index is 0.349. The molecule has 1 aromatic heterocycles. The summed E-state index contributed by atoms with van der Waals surface area (Å²) in [5.74, 6) is -1.21. The summed E-state index contributed by atoms with van der Waals surface area (Å²) in [5.41, 5.74) is 4.37. The number of nitrogens with zero attached hydrogens (tertiary/aromatic N) is 2. The number of pyridine rings is 1. The molecular weight excluding hydrogens is 514 g/mol. The molecule has 4 nitrogen and oxygen atoms in total. The largest absolute Gasteiger partial charge is 0.481 e. The Bertz CT molecular complexity index is 1350. The number of benzene rings is 3. The lowest BCUT2D eigenvalue weighted by atomic mass is 9.82. The van der Waals surface area contributed by atoms with E-state index in [0.717, 1.165) is 38.3 Å². The average molecular weight is 541 g/mol. The normalized spacial score (nSPS) is 13.0. The summed E-state index contributed by atoms with van der Waals surface area (Å²) < 4.78 is 35.1. The molecule has 0 aliphatic heterocycles. The maximum atomic E-state index is 14.2. The van der Waals surface area contributed by atoms with Crippen molar-refractivity contribution >= 4 is 32.5 Å². The van der Waals surface area contributed by atoms with E-state index >= 15 is 0 Å². The number of aliphatic hydroxyl groups is 1. The van der Waals surface area contributed by atoms with Crippen LogP contribution in [0.4, 0.5) is 14.5 Å². The van der Waals surface area contributed by atoms with Crippen LogP contribution in [0.5, 0.6) is 5.88 Å². The molecule has 0 spiro atoms. The molecule has 35 heavy (non-hydrogen) atoms. The number of anilines is 1. The summed E-state index contributed by atoms with van der Waals surface area (Å²) >= 11 is 3.52. The van der Waals surface area contributed by atoms with Crippen molar-refractivity contribution < 1.29 is 18.6 Å². The smallest absolute Gasteiger partial charge is 0.217 e. The van der Waals surface area contributed by atoms with Gasteiger partial charge in [-0.05, 0) is 78.6 Å². The van der Waals surface area contributed by atoms with E-state index < -0.39 is 17.7 Å². The van der Waals surface area contributed by atoms with Crippen LogP contribution in [-0.2, 0) is 0 Å². The molecular formula is C28H27BrF2N2O2. The van der Waals surface area contributed by atoms with E-state index in [1.165, 1.54) is 12.1 Å². The fraction of sp³-hybridized carbons (Fsp3) is 0.250. The second-order valence-electron chi connectivity index (χ2n) is 8.89. The molecule has 1 N–H and O–H groups in total. The summed E-state index contributed by atoms with van der Waals surface area (Å²) in [6, 6.07) is 17.1. The van der Waals surface area contributed by atoms with E-state index in [-0.39, 0.29) is 5.92 Å². The van der Waals surface area contributed by atoms with Crippen LogP contribution in [0.2, 0.25) is 0 Å². The van der Waals surface area contributed by atoms with Gasteiger partial charge in [0, 0.05) is 47.2 Å². The zero-order valence-electron chi connectivity index (χ0n) is 20.0. The fourth-order valence-electron chi connectivity index (χ4n) is 4.41. The number of hydrogen-bond acceptors (Lipinski definition) is 4. The van der Waals surface area contributed by atoms with Crippen molar-refractivity contribution in [3.05, 3.63) is 87.9 Å². The lowest BCUT2D eigenvalue weighted by Gasteiger charge is -2.26. The molecule has 0 fully saturated rings. The zero-order chi connectivity index (χ0) is 25.3. The zero-order valence-corrected chi connectivity index (χ0v) is 21.6. The molecule has 0 amide bonds. The van der Waals surface area contributed by atoms with Gasteiger partial charge in [-0.15, -0.1) is 0 Å². The van der Waals surface area contributed by atoms with Crippen LogP contribution in [0, 0.1) is 11.6 Å². The van der Waals surface area contributed by atoms with Gasteiger partial charge in [0.15, 0.2) is 0 Å². The van der Waals surface area contributed by atoms with Crippen molar-refractivity contribution in [2.24, 2.45) is 0 Å². The lowest BCUT2D eigenvalue weighted by molar-refractivity contribution is 0.178. The molecule has 0 saturated heterocycles. The Morgan fingerprint density at radius 3 is 2.31 bits per heavy atom. The van der Waals surface area contributed by atoms with Gasteiger partial charge in [0.2, 0.25) is 5.88 Å². The first-order valence-corrected chi connectivity index (χ1v) is 12.1. The molecule has 0 aliphatic rings. The SMILES string of the molecule is COc1nc2ccc(Br)cc2cc1C(CC(C)O)c1ccc(N(C)C)cc1-c1cc(F)cc(F)c1. The molecule has 0 bridgehead atoms. The number of fused-ring (bicyclic) bond motifs is 1. The number of aromatic nitrogens is 1. The lowest BCUT2D eigenvalue weighted by Crippen LogP contribution is -2.14. The minimum Gasteiger partial charge on any atom is -0.481 e. The predicted octanol–water partition coefficient (Wildman–Crippen LogP) is 6.92. The first-order valence-electron chi connectivity index (χ1n) is 11.3. The Morgan fingerprint density at radius 1 is 0.971 bits per heavy atom. The molecule has 7 heteroatoms. The molecule has 0 saturated carbocycles. The van der Waals surface area contributed by atoms with Gasteiger partial charge >= 0.3 is 0 Å². The van der Waals surface area contributed by atoms with Crippen LogP contribution < -0.4 is 9.64 Å². The number of hydrogen-bond donors (Lipinski definition) is 1. The van der Waals surface area contributed by atoms with E-state index in [0.29, 0.717) is 23.4 Å². The highest BCUT2D eigenvalue weighted by molar-refractivity contribution is 9.10. The summed E-state index contributed by atoms with van der Waals surface area (Å²) in [7, 11) is 5.38. The van der Waals surface area contributed by atoms with Crippen molar-refractivity contribution in [2.75, 3.05) is 26.1 Å². The van der Waals surface area contributed by atoms with E-state index in [2.05, 4.69) is 15.9 Å². The van der Waals surface area contributed by atoms with Gasteiger partial charge in [-0.1, -0.05) is 22.0 Å². The Hall–Kier alpha value is -3.03. The van der Waals surface area contributed by atoms with E-state index in [4.69, 9.17) is 9.72 Å². The first kappa shape index (κ1) is 25.1. The molecule has 2 unspecified atom stereocenters. The van der Waals surface area contributed by atoms with Crippen LogP contribution in [-0.4, -0.2) is 37.4 Å². The third kappa shape index (κ3) is 5.46. The molecule has 0 aliphatic carbocycles. The van der Waals surface area contributed by atoms with Gasteiger partial charge in [-0.3, -0.25) is 0 Å². The molecule has 182 valence electrons. The van der Waals surface area contributed by atoms with Crippen LogP contribution in [0.25, 0.3) is 22.0 Å². The molecule has 0 radical (unpaired) electrons. The van der Waals surface area contributed by atoms with Crippen molar-refractivity contribution in [1.29, 1.82) is 0 Å². The molecule has 4 aromatic rings. The number of ether oxygens (including phenoxy) is 1. The first-order chi connectivity index (χ1) is 16.7. The predicted molar refractivity (Wildman–Crippen MR) is 140 cm³/mol.